The molecule has 0 aliphatic carbocycles. The standard InChI is InChI=1S/C14H17N5O/c15-8-7-11-9-19(18-17-11)13-6-5-10-3-1-2-4-12(10)16-14(13)20/h1-4,9,13H,5-8,15H2,(H,16,20). The number of aromatic nitrogens is 3. The lowest BCUT2D eigenvalue weighted by Crippen LogP contribution is -2.25. The van der Waals surface area contributed by atoms with Crippen molar-refractivity contribution in [1.82, 2.24) is 15.0 Å². The highest BCUT2D eigenvalue weighted by Crippen LogP contribution is 2.26. The highest BCUT2D eigenvalue weighted by atomic mass is 16.2. The highest BCUT2D eigenvalue weighted by molar-refractivity contribution is 5.95. The molecule has 1 aliphatic heterocycles. The molecule has 1 aromatic carbocycles. The predicted molar refractivity (Wildman–Crippen MR) is 75.2 cm³/mol. The Morgan fingerprint density at radius 3 is 3.10 bits per heavy atom. The molecule has 1 unspecified atom stereocenters. The average molecular weight is 271 g/mol. The van der Waals surface area contributed by atoms with Crippen LogP contribution in [0.15, 0.2) is 30.5 Å². The highest BCUT2D eigenvalue weighted by Gasteiger charge is 2.25. The third-order valence-electron chi connectivity index (χ3n) is 3.54. The first kappa shape index (κ1) is 12.8. The maximum atomic E-state index is 12.3. The molecule has 1 aromatic heterocycles. The Morgan fingerprint density at radius 1 is 1.40 bits per heavy atom. The van der Waals surface area contributed by atoms with E-state index >= 15 is 0 Å². The zero-order valence-corrected chi connectivity index (χ0v) is 11.1. The summed E-state index contributed by atoms with van der Waals surface area (Å²) in [4.78, 5) is 12.3. The lowest BCUT2D eigenvalue weighted by atomic mass is 10.1. The first-order valence-corrected chi connectivity index (χ1v) is 6.77. The third-order valence-corrected chi connectivity index (χ3v) is 3.54. The van der Waals surface area contributed by atoms with Gasteiger partial charge < -0.3 is 11.1 Å². The summed E-state index contributed by atoms with van der Waals surface area (Å²) in [6, 6.07) is 7.56. The van der Waals surface area contributed by atoms with Crippen molar-refractivity contribution in [3.05, 3.63) is 41.7 Å². The van der Waals surface area contributed by atoms with E-state index < -0.39 is 0 Å². The molecule has 2 heterocycles. The second-order valence-corrected chi connectivity index (χ2v) is 4.93. The largest absolute Gasteiger partial charge is 0.330 e. The van der Waals surface area contributed by atoms with E-state index in [4.69, 9.17) is 5.73 Å². The van der Waals surface area contributed by atoms with Crippen LogP contribution in [-0.2, 0) is 17.6 Å². The van der Waals surface area contributed by atoms with Gasteiger partial charge in [0.25, 0.3) is 0 Å². The number of nitrogens with two attached hydrogens (primary N) is 1. The van der Waals surface area contributed by atoms with Crippen molar-refractivity contribution in [2.45, 2.75) is 25.3 Å². The van der Waals surface area contributed by atoms with E-state index in [2.05, 4.69) is 15.6 Å². The second kappa shape index (κ2) is 5.42. The van der Waals surface area contributed by atoms with Gasteiger partial charge in [0.1, 0.15) is 6.04 Å². The minimum atomic E-state index is -0.318. The lowest BCUT2D eigenvalue weighted by molar-refractivity contribution is -0.119. The van der Waals surface area contributed by atoms with Crippen LogP contribution < -0.4 is 11.1 Å². The minimum absolute atomic E-state index is 0.0425. The zero-order valence-electron chi connectivity index (χ0n) is 11.1. The number of nitrogens with one attached hydrogen (secondary N) is 1. The smallest absolute Gasteiger partial charge is 0.249 e. The van der Waals surface area contributed by atoms with Gasteiger partial charge in [-0.1, -0.05) is 23.4 Å². The van der Waals surface area contributed by atoms with E-state index in [1.54, 1.807) is 4.68 Å². The van der Waals surface area contributed by atoms with Gasteiger partial charge in [-0.25, -0.2) is 4.68 Å². The average Bonchev–Trinajstić information content (AvgIpc) is 2.82. The number of carbonyl (C=O) groups is 1. The van der Waals surface area contributed by atoms with Crippen molar-refractivity contribution in [3.8, 4) is 0 Å². The van der Waals surface area contributed by atoms with Gasteiger partial charge in [-0.3, -0.25) is 4.79 Å². The van der Waals surface area contributed by atoms with Crippen LogP contribution in [0, 0.1) is 0 Å². The number of hydrogen-bond acceptors (Lipinski definition) is 4. The van der Waals surface area contributed by atoms with Gasteiger partial charge in [-0.05, 0) is 31.0 Å². The fourth-order valence-corrected chi connectivity index (χ4v) is 2.48. The van der Waals surface area contributed by atoms with Crippen molar-refractivity contribution >= 4 is 11.6 Å². The van der Waals surface area contributed by atoms with Crippen LogP contribution in [0.1, 0.15) is 23.7 Å². The molecule has 1 atom stereocenters. The summed E-state index contributed by atoms with van der Waals surface area (Å²) < 4.78 is 1.65. The Bertz CT molecular complexity index is 622. The summed E-state index contributed by atoms with van der Waals surface area (Å²) in [7, 11) is 0. The molecule has 1 aliphatic rings. The number of amides is 1. The van der Waals surface area contributed by atoms with Crippen molar-refractivity contribution in [1.29, 1.82) is 0 Å². The molecule has 3 N–H and O–H groups in total. The van der Waals surface area contributed by atoms with E-state index in [1.807, 2.05) is 30.5 Å². The van der Waals surface area contributed by atoms with Gasteiger partial charge in [0.05, 0.1) is 5.69 Å². The topological polar surface area (TPSA) is 85.8 Å². The molecule has 0 saturated heterocycles. The number of nitrogens with zero attached hydrogens (tertiary/aromatic N) is 3. The molecule has 104 valence electrons. The first-order valence-electron chi connectivity index (χ1n) is 6.77. The quantitative estimate of drug-likeness (QED) is 0.868. The molecule has 1 amide bonds. The van der Waals surface area contributed by atoms with Gasteiger partial charge in [-0.15, -0.1) is 5.10 Å². The molecule has 6 heteroatoms. The van der Waals surface area contributed by atoms with Crippen LogP contribution in [0.5, 0.6) is 0 Å². The van der Waals surface area contributed by atoms with E-state index in [1.165, 1.54) is 0 Å². The molecule has 20 heavy (non-hydrogen) atoms. The first-order chi connectivity index (χ1) is 9.78. The lowest BCUT2D eigenvalue weighted by Gasteiger charge is -2.12. The summed E-state index contributed by atoms with van der Waals surface area (Å²) in [5.74, 6) is -0.0425. The van der Waals surface area contributed by atoms with Crippen LogP contribution >= 0.6 is 0 Å². The summed E-state index contributed by atoms with van der Waals surface area (Å²) >= 11 is 0. The number of anilines is 1. The van der Waals surface area contributed by atoms with Gasteiger partial charge in [0, 0.05) is 18.3 Å². The number of benzene rings is 1. The Balaban J connectivity index is 1.83. The normalized spacial score (nSPS) is 18.2. The van der Waals surface area contributed by atoms with Crippen molar-refractivity contribution < 1.29 is 4.79 Å². The fraction of sp³-hybridized carbons (Fsp3) is 0.357. The molecular formula is C14H17N5O. The molecule has 0 saturated carbocycles. The van der Waals surface area contributed by atoms with Crippen molar-refractivity contribution in [2.75, 3.05) is 11.9 Å². The molecule has 0 bridgehead atoms. The third kappa shape index (κ3) is 2.42. The number of rotatable bonds is 3. The molecule has 6 nitrogen and oxygen atoms in total. The van der Waals surface area contributed by atoms with Gasteiger partial charge in [0.15, 0.2) is 0 Å². The fourth-order valence-electron chi connectivity index (χ4n) is 2.48. The summed E-state index contributed by atoms with van der Waals surface area (Å²) in [6.07, 6.45) is 4.04. The molecule has 2 aromatic rings. The SMILES string of the molecule is NCCc1cn(C2CCc3ccccc3NC2=O)nn1. The Morgan fingerprint density at radius 2 is 2.25 bits per heavy atom. The molecular weight excluding hydrogens is 254 g/mol. The van der Waals surface area contributed by atoms with Crippen LogP contribution in [-0.4, -0.2) is 27.4 Å². The maximum Gasteiger partial charge on any atom is 0.249 e. The number of hydrogen-bond donors (Lipinski definition) is 2. The Hall–Kier alpha value is -2.21. The maximum absolute atomic E-state index is 12.3. The minimum Gasteiger partial charge on any atom is -0.330 e. The van der Waals surface area contributed by atoms with Crippen molar-refractivity contribution in [2.24, 2.45) is 5.73 Å². The molecule has 3 rings (SSSR count). The van der Waals surface area contributed by atoms with Crippen LogP contribution in [0.3, 0.4) is 0 Å². The zero-order chi connectivity index (χ0) is 13.9. The van der Waals surface area contributed by atoms with E-state index in [0.717, 1.165) is 23.4 Å². The second-order valence-electron chi connectivity index (χ2n) is 4.93. The van der Waals surface area contributed by atoms with Gasteiger partial charge in [-0.2, -0.15) is 0 Å². The van der Waals surface area contributed by atoms with Gasteiger partial charge in [0.2, 0.25) is 5.91 Å². The monoisotopic (exact) mass is 271 g/mol. The Kier molecular flexibility index (Phi) is 3.47. The van der Waals surface area contributed by atoms with Gasteiger partial charge >= 0.3 is 0 Å². The van der Waals surface area contributed by atoms with E-state index in [-0.39, 0.29) is 11.9 Å². The predicted octanol–water partition coefficient (Wildman–Crippen LogP) is 0.905. The number of carbonyl (C=O) groups excluding carboxylic acids is 1. The van der Waals surface area contributed by atoms with Crippen molar-refractivity contribution in [3.63, 3.8) is 0 Å². The summed E-state index contributed by atoms with van der Waals surface area (Å²) in [6.45, 7) is 0.529. The number of para-hydroxylation sites is 1. The van der Waals surface area contributed by atoms with Crippen LogP contribution in [0.4, 0.5) is 5.69 Å². The number of aryl methyl sites for hydroxylation is 1. The van der Waals surface area contributed by atoms with Crippen LogP contribution in [0.25, 0.3) is 0 Å². The van der Waals surface area contributed by atoms with E-state index in [0.29, 0.717) is 19.4 Å². The molecule has 0 spiro atoms. The molecule has 0 fully saturated rings. The number of fused-ring (bicyclic) bond motifs is 1. The van der Waals surface area contributed by atoms with Crippen LogP contribution in [0.2, 0.25) is 0 Å². The summed E-state index contributed by atoms with van der Waals surface area (Å²) in [5.41, 5.74) is 8.37. The molecule has 0 radical (unpaired) electrons. The Labute approximate surface area is 117 Å². The van der Waals surface area contributed by atoms with E-state index in [9.17, 15) is 4.79 Å². The summed E-state index contributed by atoms with van der Waals surface area (Å²) in [5, 5.41) is 11.1.